The van der Waals surface area contributed by atoms with Crippen molar-refractivity contribution in [2.75, 3.05) is 10.6 Å². The zero-order chi connectivity index (χ0) is 20.4. The van der Waals surface area contributed by atoms with Crippen molar-refractivity contribution in [3.05, 3.63) is 86.5 Å². The Balaban J connectivity index is 1.57. The molecule has 2 aromatic carbocycles. The molecular formula is C20H14F2N4O2S. The Labute approximate surface area is 167 Å². The third-order valence-electron chi connectivity index (χ3n) is 4.26. The van der Waals surface area contributed by atoms with Crippen molar-refractivity contribution < 1.29 is 13.6 Å². The van der Waals surface area contributed by atoms with Crippen LogP contribution in [-0.2, 0) is 6.42 Å². The summed E-state index contributed by atoms with van der Waals surface area (Å²) in [4.78, 5) is 24.3. The van der Waals surface area contributed by atoms with Crippen molar-refractivity contribution in [3.63, 3.8) is 0 Å². The van der Waals surface area contributed by atoms with Gasteiger partial charge in [-0.05, 0) is 46.7 Å². The molecule has 9 heteroatoms. The molecule has 0 saturated heterocycles. The molecule has 2 heterocycles. The predicted octanol–water partition coefficient (Wildman–Crippen LogP) is 4.50. The summed E-state index contributed by atoms with van der Waals surface area (Å²) in [5.74, 6) is -1.63. The summed E-state index contributed by atoms with van der Waals surface area (Å²) in [6.45, 7) is 0. The highest BCUT2D eigenvalue weighted by molar-refractivity contribution is 7.07. The number of anilines is 2. The van der Waals surface area contributed by atoms with Crippen LogP contribution in [0.15, 0.2) is 58.0 Å². The Hall–Kier alpha value is -3.59. The standard InChI is InChI=1S/C20H14F2N4O2S/c21-12-1-4-17(16(22)8-12)24-20(28)23-13-2-3-14-15(9-13)19(27)26-25-18(14)7-11-5-6-29-10-11/h1-6,8-10H,7H2,(H,26,27)(H2,23,24,28). The fourth-order valence-corrected chi connectivity index (χ4v) is 3.57. The molecule has 146 valence electrons. The van der Waals surface area contributed by atoms with Gasteiger partial charge in [-0.1, -0.05) is 6.07 Å². The van der Waals surface area contributed by atoms with Gasteiger partial charge in [-0.2, -0.15) is 16.4 Å². The van der Waals surface area contributed by atoms with Crippen LogP contribution in [0.3, 0.4) is 0 Å². The number of nitrogens with zero attached hydrogens (tertiary/aromatic N) is 1. The number of carbonyl (C=O) groups is 1. The molecule has 6 nitrogen and oxygen atoms in total. The van der Waals surface area contributed by atoms with E-state index in [2.05, 4.69) is 20.8 Å². The molecule has 0 aliphatic rings. The molecule has 0 atom stereocenters. The molecule has 0 aliphatic carbocycles. The summed E-state index contributed by atoms with van der Waals surface area (Å²) in [6, 6.07) is 8.94. The van der Waals surface area contributed by atoms with Gasteiger partial charge in [-0.15, -0.1) is 0 Å². The highest BCUT2D eigenvalue weighted by atomic mass is 32.1. The number of urea groups is 1. The summed E-state index contributed by atoms with van der Waals surface area (Å²) in [7, 11) is 0. The van der Waals surface area contributed by atoms with Crippen LogP contribution in [-0.4, -0.2) is 16.2 Å². The number of amides is 2. The third kappa shape index (κ3) is 4.14. The van der Waals surface area contributed by atoms with Gasteiger partial charge >= 0.3 is 6.03 Å². The molecule has 4 aromatic rings. The van der Waals surface area contributed by atoms with E-state index in [-0.39, 0.29) is 11.2 Å². The lowest BCUT2D eigenvalue weighted by molar-refractivity contribution is 0.262. The van der Waals surface area contributed by atoms with Gasteiger partial charge < -0.3 is 10.6 Å². The van der Waals surface area contributed by atoms with Crippen molar-refractivity contribution in [1.82, 2.24) is 10.2 Å². The summed E-state index contributed by atoms with van der Waals surface area (Å²) in [6.07, 6.45) is 0.563. The van der Waals surface area contributed by atoms with Gasteiger partial charge in [0.05, 0.1) is 16.8 Å². The average molecular weight is 412 g/mol. The molecular weight excluding hydrogens is 398 g/mol. The van der Waals surface area contributed by atoms with Crippen LogP contribution in [0.1, 0.15) is 11.3 Å². The first-order valence-electron chi connectivity index (χ1n) is 8.55. The van der Waals surface area contributed by atoms with Crippen LogP contribution in [0, 0.1) is 11.6 Å². The van der Waals surface area contributed by atoms with Crippen LogP contribution >= 0.6 is 11.3 Å². The lowest BCUT2D eigenvalue weighted by Crippen LogP contribution is -2.20. The highest BCUT2D eigenvalue weighted by Crippen LogP contribution is 2.22. The number of thiophene rings is 1. The van der Waals surface area contributed by atoms with Crippen LogP contribution in [0.25, 0.3) is 10.8 Å². The number of aromatic amines is 1. The second-order valence-electron chi connectivity index (χ2n) is 6.27. The summed E-state index contributed by atoms with van der Waals surface area (Å²) in [5, 5.41) is 16.5. The first kappa shape index (κ1) is 18.8. The molecule has 0 fully saturated rings. The van der Waals surface area contributed by atoms with Gasteiger partial charge in [-0.25, -0.2) is 18.7 Å². The molecule has 0 saturated carbocycles. The van der Waals surface area contributed by atoms with E-state index >= 15 is 0 Å². The molecule has 0 spiro atoms. The lowest BCUT2D eigenvalue weighted by Gasteiger charge is -2.10. The molecule has 3 N–H and O–H groups in total. The van der Waals surface area contributed by atoms with Crippen molar-refractivity contribution in [1.29, 1.82) is 0 Å². The van der Waals surface area contributed by atoms with Gasteiger partial charge in [-0.3, -0.25) is 4.79 Å². The van der Waals surface area contributed by atoms with Gasteiger partial charge in [0.2, 0.25) is 0 Å². The molecule has 0 radical (unpaired) electrons. The Morgan fingerprint density at radius 2 is 1.93 bits per heavy atom. The molecule has 4 rings (SSSR count). The average Bonchev–Trinajstić information content (AvgIpc) is 3.20. The summed E-state index contributed by atoms with van der Waals surface area (Å²) < 4.78 is 26.6. The predicted molar refractivity (Wildman–Crippen MR) is 108 cm³/mol. The Morgan fingerprint density at radius 1 is 1.07 bits per heavy atom. The van der Waals surface area contributed by atoms with E-state index in [1.165, 1.54) is 6.07 Å². The van der Waals surface area contributed by atoms with Gasteiger partial charge in [0, 0.05) is 23.6 Å². The number of hydrogen-bond donors (Lipinski definition) is 3. The highest BCUT2D eigenvalue weighted by Gasteiger charge is 2.11. The van der Waals surface area contributed by atoms with E-state index in [0.717, 1.165) is 17.7 Å². The van der Waals surface area contributed by atoms with E-state index in [0.29, 0.717) is 34.6 Å². The quantitative estimate of drug-likeness (QED) is 0.461. The van der Waals surface area contributed by atoms with E-state index < -0.39 is 17.7 Å². The van der Waals surface area contributed by atoms with Gasteiger partial charge in [0.1, 0.15) is 11.6 Å². The van der Waals surface area contributed by atoms with E-state index in [4.69, 9.17) is 0 Å². The van der Waals surface area contributed by atoms with Crippen LogP contribution < -0.4 is 16.2 Å². The number of aromatic nitrogens is 2. The van der Waals surface area contributed by atoms with Crippen LogP contribution in [0.2, 0.25) is 0 Å². The van der Waals surface area contributed by atoms with Crippen molar-refractivity contribution in [2.45, 2.75) is 6.42 Å². The largest absolute Gasteiger partial charge is 0.323 e. The summed E-state index contributed by atoms with van der Waals surface area (Å²) >= 11 is 1.58. The fourth-order valence-electron chi connectivity index (χ4n) is 2.90. The smallest absolute Gasteiger partial charge is 0.308 e. The minimum Gasteiger partial charge on any atom is -0.308 e. The van der Waals surface area contributed by atoms with Crippen molar-refractivity contribution in [2.24, 2.45) is 0 Å². The third-order valence-corrected chi connectivity index (χ3v) is 4.99. The normalized spacial score (nSPS) is 10.8. The van der Waals surface area contributed by atoms with Crippen molar-refractivity contribution >= 4 is 39.5 Å². The number of halogens is 2. The van der Waals surface area contributed by atoms with Crippen LogP contribution in [0.4, 0.5) is 25.0 Å². The topological polar surface area (TPSA) is 86.9 Å². The van der Waals surface area contributed by atoms with Crippen LogP contribution in [0.5, 0.6) is 0 Å². The second-order valence-corrected chi connectivity index (χ2v) is 7.05. The zero-order valence-corrected chi connectivity index (χ0v) is 15.6. The maximum atomic E-state index is 13.7. The molecule has 2 amide bonds. The van der Waals surface area contributed by atoms with Crippen molar-refractivity contribution in [3.8, 4) is 0 Å². The number of fused-ring (bicyclic) bond motifs is 1. The SMILES string of the molecule is O=C(Nc1ccc2c(Cc3ccsc3)n[nH]c(=O)c2c1)Nc1ccc(F)cc1F. The Kier molecular flexibility index (Phi) is 5.05. The first-order chi connectivity index (χ1) is 14.0. The zero-order valence-electron chi connectivity index (χ0n) is 14.8. The Morgan fingerprint density at radius 3 is 2.69 bits per heavy atom. The first-order valence-corrected chi connectivity index (χ1v) is 9.49. The number of nitrogens with one attached hydrogen (secondary N) is 3. The molecule has 2 aromatic heterocycles. The van der Waals surface area contributed by atoms with E-state index in [9.17, 15) is 18.4 Å². The minimum absolute atomic E-state index is 0.162. The lowest BCUT2D eigenvalue weighted by atomic mass is 10.1. The molecule has 0 unspecified atom stereocenters. The van der Waals surface area contributed by atoms with Gasteiger partial charge in [0.15, 0.2) is 0 Å². The Bertz CT molecular complexity index is 1260. The molecule has 0 bridgehead atoms. The molecule has 0 aliphatic heterocycles. The monoisotopic (exact) mass is 412 g/mol. The van der Waals surface area contributed by atoms with Gasteiger partial charge in [0.25, 0.3) is 5.56 Å². The number of hydrogen-bond acceptors (Lipinski definition) is 4. The number of benzene rings is 2. The van der Waals surface area contributed by atoms with E-state index in [1.807, 2.05) is 16.8 Å². The maximum Gasteiger partial charge on any atom is 0.323 e. The minimum atomic E-state index is -0.890. The second kappa shape index (κ2) is 7.80. The number of carbonyl (C=O) groups excluding carboxylic acids is 1. The number of rotatable bonds is 4. The van der Waals surface area contributed by atoms with E-state index in [1.54, 1.807) is 23.5 Å². The summed E-state index contributed by atoms with van der Waals surface area (Å²) in [5.41, 5.74) is 1.59. The maximum absolute atomic E-state index is 13.7. The number of H-pyrrole nitrogens is 1. The fraction of sp³-hybridized carbons (Fsp3) is 0.0500. The molecule has 29 heavy (non-hydrogen) atoms.